The number of halogens is 1. The molecule has 3 heterocycles. The number of nitrogens with zero attached hydrogens (tertiary/aromatic N) is 4. The third kappa shape index (κ3) is 4.90. The summed E-state index contributed by atoms with van der Waals surface area (Å²) >= 11 is 1.70. The highest BCUT2D eigenvalue weighted by molar-refractivity contribution is 14.0. The van der Waals surface area contributed by atoms with E-state index in [2.05, 4.69) is 42.5 Å². The minimum absolute atomic E-state index is 0. The van der Waals surface area contributed by atoms with Gasteiger partial charge >= 0.3 is 0 Å². The maximum atomic E-state index is 5.10. The normalized spacial score (nSPS) is 17.1. The molecule has 0 amide bonds. The second-order valence-electron chi connectivity index (χ2n) is 5.50. The summed E-state index contributed by atoms with van der Waals surface area (Å²) in [6, 6.07) is 2.41. The Hall–Kier alpha value is -1.20. The molecule has 24 heavy (non-hydrogen) atoms. The quantitative estimate of drug-likeness (QED) is 0.403. The predicted molar refractivity (Wildman–Crippen MR) is 106 cm³/mol. The van der Waals surface area contributed by atoms with Gasteiger partial charge in [0, 0.05) is 33.2 Å². The summed E-state index contributed by atoms with van der Waals surface area (Å²) in [5, 5.41) is 15.5. The Morgan fingerprint density at radius 1 is 1.54 bits per heavy atom. The fourth-order valence-corrected chi connectivity index (χ4v) is 3.30. The van der Waals surface area contributed by atoms with Gasteiger partial charge in [-0.1, -0.05) is 0 Å². The minimum atomic E-state index is 0. The standard InChI is InChI=1S/C15H22N6OS.HI/c1-16-15(17-7-11-5-6-23-10-11)18-12-3-4-14-19-13(9-22-2)20-21(14)8-12;/h5-6,10,12H,3-4,7-9H2,1-2H3,(H2,16,17,18);1H. The van der Waals surface area contributed by atoms with E-state index >= 15 is 0 Å². The molecule has 9 heteroatoms. The SMILES string of the molecule is CN=C(NCc1ccsc1)NC1CCc2nc(COC)nn2C1.I. The van der Waals surface area contributed by atoms with Crippen LogP contribution < -0.4 is 10.6 Å². The number of fused-ring (bicyclic) bond motifs is 1. The van der Waals surface area contributed by atoms with Gasteiger partial charge in [-0.3, -0.25) is 4.99 Å². The molecule has 0 fully saturated rings. The number of hydrogen-bond donors (Lipinski definition) is 2. The van der Waals surface area contributed by atoms with Crippen LogP contribution in [0.1, 0.15) is 23.6 Å². The van der Waals surface area contributed by atoms with E-state index in [4.69, 9.17) is 4.74 Å². The van der Waals surface area contributed by atoms with Crippen molar-refractivity contribution in [3.8, 4) is 0 Å². The van der Waals surface area contributed by atoms with Crippen LogP contribution in [0, 0.1) is 0 Å². The van der Waals surface area contributed by atoms with Gasteiger partial charge in [0.1, 0.15) is 12.4 Å². The van der Waals surface area contributed by atoms with Crippen LogP contribution in [0.15, 0.2) is 21.8 Å². The molecular weight excluding hydrogens is 439 g/mol. The van der Waals surface area contributed by atoms with Crippen molar-refractivity contribution in [2.24, 2.45) is 4.99 Å². The van der Waals surface area contributed by atoms with Crippen molar-refractivity contribution in [2.75, 3.05) is 14.2 Å². The highest BCUT2D eigenvalue weighted by atomic mass is 127. The van der Waals surface area contributed by atoms with Crippen molar-refractivity contribution in [3.05, 3.63) is 34.0 Å². The molecule has 2 aromatic rings. The fourth-order valence-electron chi connectivity index (χ4n) is 2.64. The summed E-state index contributed by atoms with van der Waals surface area (Å²) in [5.41, 5.74) is 1.27. The third-order valence-corrected chi connectivity index (χ3v) is 4.51. The molecule has 0 aromatic carbocycles. The van der Waals surface area contributed by atoms with E-state index in [9.17, 15) is 0 Å². The van der Waals surface area contributed by atoms with Gasteiger partial charge in [0.25, 0.3) is 0 Å². The lowest BCUT2D eigenvalue weighted by molar-refractivity contribution is 0.177. The summed E-state index contributed by atoms with van der Waals surface area (Å²) in [7, 11) is 3.46. The van der Waals surface area contributed by atoms with Crippen LogP contribution in [0.2, 0.25) is 0 Å². The lowest BCUT2D eigenvalue weighted by Gasteiger charge is -2.25. The molecule has 1 aliphatic rings. The monoisotopic (exact) mass is 462 g/mol. The second-order valence-corrected chi connectivity index (χ2v) is 6.28. The highest BCUT2D eigenvalue weighted by Gasteiger charge is 2.22. The van der Waals surface area contributed by atoms with Gasteiger partial charge in [-0.2, -0.15) is 16.4 Å². The number of thiophene rings is 1. The zero-order valence-corrected chi connectivity index (χ0v) is 17.0. The number of aliphatic imine (C=N–C) groups is 1. The van der Waals surface area contributed by atoms with Gasteiger partial charge in [0.05, 0.1) is 6.54 Å². The zero-order chi connectivity index (χ0) is 16.1. The highest BCUT2D eigenvalue weighted by Crippen LogP contribution is 2.13. The molecule has 1 atom stereocenters. The topological polar surface area (TPSA) is 76.4 Å². The van der Waals surface area contributed by atoms with Crippen molar-refractivity contribution in [2.45, 2.75) is 38.6 Å². The summed E-state index contributed by atoms with van der Waals surface area (Å²) in [6.07, 6.45) is 1.93. The molecule has 0 radical (unpaired) electrons. The average Bonchev–Trinajstić information content (AvgIpc) is 3.20. The van der Waals surface area contributed by atoms with E-state index in [1.807, 2.05) is 4.68 Å². The lowest BCUT2D eigenvalue weighted by atomic mass is 10.1. The third-order valence-electron chi connectivity index (χ3n) is 3.78. The number of aromatic nitrogens is 3. The van der Waals surface area contributed by atoms with Gasteiger partial charge < -0.3 is 15.4 Å². The molecule has 0 spiro atoms. The lowest BCUT2D eigenvalue weighted by Crippen LogP contribution is -2.46. The molecule has 7 nitrogen and oxygen atoms in total. The molecule has 2 aromatic heterocycles. The summed E-state index contributed by atoms with van der Waals surface area (Å²) in [4.78, 5) is 8.80. The van der Waals surface area contributed by atoms with Crippen LogP contribution in [-0.2, 0) is 30.9 Å². The van der Waals surface area contributed by atoms with Crippen LogP contribution in [0.25, 0.3) is 0 Å². The summed E-state index contributed by atoms with van der Waals surface area (Å²) < 4.78 is 7.07. The van der Waals surface area contributed by atoms with Crippen LogP contribution in [0.4, 0.5) is 0 Å². The first kappa shape index (κ1) is 19.1. The van der Waals surface area contributed by atoms with Gasteiger partial charge in [-0.05, 0) is 28.8 Å². The molecule has 2 N–H and O–H groups in total. The molecule has 1 unspecified atom stereocenters. The molecule has 0 aliphatic carbocycles. The number of rotatable bonds is 5. The minimum Gasteiger partial charge on any atom is -0.377 e. The van der Waals surface area contributed by atoms with Crippen molar-refractivity contribution in [1.29, 1.82) is 0 Å². The Bertz CT molecular complexity index is 657. The van der Waals surface area contributed by atoms with E-state index in [-0.39, 0.29) is 24.0 Å². The van der Waals surface area contributed by atoms with Crippen molar-refractivity contribution < 1.29 is 4.74 Å². The van der Waals surface area contributed by atoms with E-state index in [1.165, 1.54) is 5.56 Å². The van der Waals surface area contributed by atoms with E-state index in [1.54, 1.807) is 25.5 Å². The number of hydrogen-bond acceptors (Lipinski definition) is 5. The Morgan fingerprint density at radius 3 is 3.12 bits per heavy atom. The largest absolute Gasteiger partial charge is 0.377 e. The Balaban J connectivity index is 0.00000208. The van der Waals surface area contributed by atoms with Crippen molar-refractivity contribution in [3.63, 3.8) is 0 Å². The molecular formula is C15H23IN6OS. The van der Waals surface area contributed by atoms with Crippen LogP contribution >= 0.6 is 35.3 Å². The molecule has 1 aliphatic heterocycles. The van der Waals surface area contributed by atoms with E-state index in [0.29, 0.717) is 12.6 Å². The Labute approximate surface area is 162 Å². The molecule has 0 bridgehead atoms. The van der Waals surface area contributed by atoms with Crippen LogP contribution in [0.3, 0.4) is 0 Å². The Kier molecular flexibility index (Phi) is 7.43. The van der Waals surface area contributed by atoms with Crippen molar-refractivity contribution >= 4 is 41.3 Å². The number of guanidine groups is 1. The molecule has 0 saturated heterocycles. The summed E-state index contributed by atoms with van der Waals surface area (Å²) in [6.45, 7) is 2.04. The van der Waals surface area contributed by atoms with Crippen LogP contribution in [0.5, 0.6) is 0 Å². The van der Waals surface area contributed by atoms with Gasteiger partial charge in [0.2, 0.25) is 0 Å². The summed E-state index contributed by atoms with van der Waals surface area (Å²) in [5.74, 6) is 2.61. The van der Waals surface area contributed by atoms with E-state index in [0.717, 1.165) is 43.5 Å². The predicted octanol–water partition coefficient (Wildman–Crippen LogP) is 1.78. The number of methoxy groups -OCH3 is 1. The van der Waals surface area contributed by atoms with Gasteiger partial charge in [-0.25, -0.2) is 9.67 Å². The molecule has 3 rings (SSSR count). The zero-order valence-electron chi connectivity index (χ0n) is 13.9. The Morgan fingerprint density at radius 2 is 2.42 bits per heavy atom. The first-order valence-corrected chi connectivity index (χ1v) is 8.62. The maximum Gasteiger partial charge on any atom is 0.191 e. The average molecular weight is 462 g/mol. The first-order chi connectivity index (χ1) is 11.3. The van der Waals surface area contributed by atoms with Gasteiger partial charge in [0.15, 0.2) is 11.8 Å². The van der Waals surface area contributed by atoms with Crippen LogP contribution in [-0.4, -0.2) is 40.9 Å². The van der Waals surface area contributed by atoms with Crippen molar-refractivity contribution in [1.82, 2.24) is 25.4 Å². The van der Waals surface area contributed by atoms with E-state index < -0.39 is 0 Å². The fraction of sp³-hybridized carbons (Fsp3) is 0.533. The molecule has 132 valence electrons. The number of nitrogens with one attached hydrogen (secondary N) is 2. The van der Waals surface area contributed by atoms with Gasteiger partial charge in [-0.15, -0.1) is 24.0 Å². The molecule has 0 saturated carbocycles. The first-order valence-electron chi connectivity index (χ1n) is 7.68. The smallest absolute Gasteiger partial charge is 0.191 e. The number of ether oxygens (including phenoxy) is 1. The second kappa shape index (κ2) is 9.33. The number of aryl methyl sites for hydroxylation is 1. The maximum absolute atomic E-state index is 5.10.